The minimum absolute atomic E-state index is 0.0191. The van der Waals surface area contributed by atoms with Crippen LogP contribution in [0, 0.1) is 32.6 Å². The maximum atomic E-state index is 12.6. The molecular weight excluding hydrogens is 338 g/mol. The van der Waals surface area contributed by atoms with Crippen molar-refractivity contribution in [1.29, 1.82) is 0 Å². The number of benzene rings is 1. The van der Waals surface area contributed by atoms with Crippen molar-refractivity contribution in [3.63, 3.8) is 0 Å². The molecule has 1 aromatic carbocycles. The number of aromatic nitrogens is 1. The van der Waals surface area contributed by atoms with Gasteiger partial charge >= 0.3 is 0 Å². The van der Waals surface area contributed by atoms with Crippen molar-refractivity contribution >= 4 is 5.91 Å². The van der Waals surface area contributed by atoms with Crippen LogP contribution in [0.2, 0.25) is 0 Å². The number of carbonyl (C=O) groups is 1. The van der Waals surface area contributed by atoms with Gasteiger partial charge in [-0.15, -0.1) is 0 Å². The van der Waals surface area contributed by atoms with Crippen LogP contribution in [0.4, 0.5) is 0 Å². The first-order chi connectivity index (χ1) is 13.0. The lowest BCUT2D eigenvalue weighted by Crippen LogP contribution is -2.45. The van der Waals surface area contributed by atoms with E-state index in [0.29, 0.717) is 19.1 Å². The number of ether oxygens (including phenoxy) is 1. The van der Waals surface area contributed by atoms with E-state index in [0.717, 1.165) is 36.5 Å². The number of carbonyl (C=O) groups excluding carboxylic acids is 1. The van der Waals surface area contributed by atoms with E-state index in [1.165, 1.54) is 11.1 Å². The van der Waals surface area contributed by atoms with E-state index < -0.39 is 0 Å². The number of nitrogens with zero attached hydrogens (tertiary/aromatic N) is 1. The monoisotopic (exact) mass is 367 g/mol. The zero-order valence-corrected chi connectivity index (χ0v) is 16.4. The summed E-state index contributed by atoms with van der Waals surface area (Å²) in [5.74, 6) is 1.19. The van der Waals surface area contributed by atoms with Gasteiger partial charge in [0.25, 0.3) is 0 Å². The van der Waals surface area contributed by atoms with Crippen LogP contribution in [0.15, 0.2) is 36.5 Å². The van der Waals surface area contributed by atoms with Crippen LogP contribution in [0.25, 0.3) is 0 Å². The Hall–Kier alpha value is -2.40. The highest BCUT2D eigenvalue weighted by Gasteiger charge is 2.27. The maximum Gasteiger partial charge on any atom is 0.224 e. The Morgan fingerprint density at radius 2 is 1.96 bits per heavy atom. The number of nitrogens with one attached hydrogen (secondary N) is 2. The van der Waals surface area contributed by atoms with Crippen molar-refractivity contribution in [1.82, 2.24) is 15.6 Å². The molecule has 0 saturated carbocycles. The topological polar surface area (TPSA) is 63.2 Å². The van der Waals surface area contributed by atoms with Gasteiger partial charge in [-0.3, -0.25) is 9.78 Å². The van der Waals surface area contributed by atoms with Crippen molar-refractivity contribution in [2.24, 2.45) is 11.8 Å². The van der Waals surface area contributed by atoms with Gasteiger partial charge in [0.15, 0.2) is 0 Å². The molecule has 2 N–H and O–H groups in total. The minimum Gasteiger partial charge on any atom is -0.492 e. The summed E-state index contributed by atoms with van der Waals surface area (Å²) in [6.45, 7) is 8.89. The molecule has 5 heteroatoms. The molecular formula is C22H29N3O2. The second-order valence-corrected chi connectivity index (χ2v) is 7.62. The van der Waals surface area contributed by atoms with Gasteiger partial charge in [-0.2, -0.15) is 0 Å². The summed E-state index contributed by atoms with van der Waals surface area (Å²) in [4.78, 5) is 16.8. The lowest BCUT2D eigenvalue weighted by molar-refractivity contribution is -0.126. The quantitative estimate of drug-likeness (QED) is 0.824. The van der Waals surface area contributed by atoms with Gasteiger partial charge in [-0.25, -0.2) is 0 Å². The lowest BCUT2D eigenvalue weighted by Gasteiger charge is -2.29. The van der Waals surface area contributed by atoms with Crippen molar-refractivity contribution in [2.45, 2.75) is 33.7 Å². The van der Waals surface area contributed by atoms with Crippen LogP contribution in [-0.2, 0) is 11.3 Å². The summed E-state index contributed by atoms with van der Waals surface area (Å²) in [6, 6.07) is 10.3. The highest BCUT2D eigenvalue weighted by Crippen LogP contribution is 2.19. The summed E-state index contributed by atoms with van der Waals surface area (Å²) < 4.78 is 5.85. The molecule has 27 heavy (non-hydrogen) atoms. The molecule has 1 aromatic heterocycles. The Morgan fingerprint density at radius 3 is 2.67 bits per heavy atom. The van der Waals surface area contributed by atoms with Gasteiger partial charge in [-0.1, -0.05) is 29.3 Å². The average molecular weight is 367 g/mol. The number of piperidine rings is 1. The lowest BCUT2D eigenvalue weighted by atomic mass is 9.90. The highest BCUT2D eigenvalue weighted by atomic mass is 16.5. The largest absolute Gasteiger partial charge is 0.492 e. The van der Waals surface area contributed by atoms with Crippen LogP contribution in [0.1, 0.15) is 28.8 Å². The van der Waals surface area contributed by atoms with Gasteiger partial charge in [-0.05, 0) is 44.9 Å². The molecule has 5 nitrogen and oxygen atoms in total. The first-order valence-corrected chi connectivity index (χ1v) is 9.60. The predicted octanol–water partition coefficient (Wildman–Crippen LogP) is 2.93. The number of pyridine rings is 1. The fourth-order valence-corrected chi connectivity index (χ4v) is 3.62. The van der Waals surface area contributed by atoms with E-state index >= 15 is 0 Å². The molecule has 144 valence electrons. The molecule has 2 heterocycles. The zero-order chi connectivity index (χ0) is 19.2. The molecule has 3 rings (SSSR count). The third-order valence-corrected chi connectivity index (χ3v) is 4.93. The Bertz CT molecular complexity index is 753. The predicted molar refractivity (Wildman–Crippen MR) is 107 cm³/mol. The second kappa shape index (κ2) is 9.00. The van der Waals surface area contributed by atoms with Crippen molar-refractivity contribution in [3.05, 3.63) is 58.9 Å². The van der Waals surface area contributed by atoms with Crippen LogP contribution in [0.3, 0.4) is 0 Å². The standard InChI is InChI=1S/C22H29N3O2/c1-15-6-16(2)8-18(7-15)11-25-22(26)20-9-19(10-23-12-20)14-27-21-5-4-17(3)24-13-21/h4-8,13,19-20,23H,9-12,14H2,1-3H3,(H,25,26)/t19-,20+/m0/s1. The summed E-state index contributed by atoms with van der Waals surface area (Å²) in [6.07, 6.45) is 2.59. The van der Waals surface area contributed by atoms with Crippen LogP contribution < -0.4 is 15.4 Å². The summed E-state index contributed by atoms with van der Waals surface area (Å²) in [5.41, 5.74) is 4.57. The molecule has 0 aliphatic carbocycles. The summed E-state index contributed by atoms with van der Waals surface area (Å²) >= 11 is 0. The van der Waals surface area contributed by atoms with Gasteiger partial charge in [0.05, 0.1) is 18.7 Å². The molecule has 0 bridgehead atoms. The second-order valence-electron chi connectivity index (χ2n) is 7.62. The van der Waals surface area contributed by atoms with Gasteiger partial charge in [0, 0.05) is 31.2 Å². The van der Waals surface area contributed by atoms with Crippen molar-refractivity contribution in [2.75, 3.05) is 19.7 Å². The normalized spacial score (nSPS) is 19.5. The maximum absolute atomic E-state index is 12.6. The average Bonchev–Trinajstić information content (AvgIpc) is 2.65. The van der Waals surface area contributed by atoms with E-state index in [1.807, 2.05) is 19.1 Å². The van der Waals surface area contributed by atoms with E-state index in [-0.39, 0.29) is 11.8 Å². The fraction of sp³-hybridized carbons (Fsp3) is 0.455. The van der Waals surface area contributed by atoms with Crippen molar-refractivity contribution in [3.8, 4) is 5.75 Å². The third kappa shape index (κ3) is 5.79. The molecule has 0 radical (unpaired) electrons. The van der Waals surface area contributed by atoms with E-state index in [1.54, 1.807) is 6.20 Å². The smallest absolute Gasteiger partial charge is 0.224 e. The Labute approximate surface area is 161 Å². The number of hydrogen-bond donors (Lipinski definition) is 2. The van der Waals surface area contributed by atoms with E-state index in [2.05, 4.69) is 47.7 Å². The molecule has 2 atom stereocenters. The molecule has 1 aliphatic rings. The molecule has 1 fully saturated rings. The van der Waals surface area contributed by atoms with Gasteiger partial charge < -0.3 is 15.4 Å². The fourth-order valence-electron chi connectivity index (χ4n) is 3.62. The molecule has 0 unspecified atom stereocenters. The highest BCUT2D eigenvalue weighted by molar-refractivity contribution is 5.79. The first-order valence-electron chi connectivity index (χ1n) is 9.60. The molecule has 1 aliphatic heterocycles. The van der Waals surface area contributed by atoms with E-state index in [9.17, 15) is 4.79 Å². The Kier molecular flexibility index (Phi) is 6.45. The SMILES string of the molecule is Cc1cc(C)cc(CNC(=O)[C@H]2CNC[C@@H](COc3ccc(C)nc3)C2)c1. The third-order valence-electron chi connectivity index (χ3n) is 4.93. The van der Waals surface area contributed by atoms with Crippen LogP contribution >= 0.6 is 0 Å². The number of amides is 1. The van der Waals surface area contributed by atoms with Crippen LogP contribution in [-0.4, -0.2) is 30.6 Å². The number of rotatable bonds is 6. The Balaban J connectivity index is 1.47. The first kappa shape index (κ1) is 19.4. The molecule has 2 aromatic rings. The minimum atomic E-state index is -0.0191. The summed E-state index contributed by atoms with van der Waals surface area (Å²) in [7, 11) is 0. The molecule has 1 amide bonds. The molecule has 1 saturated heterocycles. The van der Waals surface area contributed by atoms with Crippen LogP contribution in [0.5, 0.6) is 5.75 Å². The zero-order valence-electron chi connectivity index (χ0n) is 16.4. The summed E-state index contributed by atoms with van der Waals surface area (Å²) in [5, 5.41) is 6.47. The van der Waals surface area contributed by atoms with E-state index in [4.69, 9.17) is 4.74 Å². The number of aryl methyl sites for hydroxylation is 3. The molecule has 0 spiro atoms. The number of hydrogen-bond acceptors (Lipinski definition) is 4. The Morgan fingerprint density at radius 1 is 1.19 bits per heavy atom. The van der Waals surface area contributed by atoms with Crippen molar-refractivity contribution < 1.29 is 9.53 Å². The van der Waals surface area contributed by atoms with Gasteiger partial charge in [0.2, 0.25) is 5.91 Å². The van der Waals surface area contributed by atoms with Gasteiger partial charge in [0.1, 0.15) is 5.75 Å².